The number of anilines is 1. The van der Waals surface area contributed by atoms with E-state index in [1.165, 1.54) is 49.4 Å². The zero-order valence-electron chi connectivity index (χ0n) is 12.7. The Labute approximate surface area is 127 Å². The normalized spacial score (nSPS) is 22.6. The molecule has 1 saturated heterocycles. The van der Waals surface area contributed by atoms with E-state index < -0.39 is 0 Å². The van der Waals surface area contributed by atoms with Gasteiger partial charge in [0.05, 0.1) is 0 Å². The van der Waals surface area contributed by atoms with E-state index in [-0.39, 0.29) is 0 Å². The molecule has 2 fully saturated rings. The van der Waals surface area contributed by atoms with Crippen molar-refractivity contribution < 1.29 is 0 Å². The highest BCUT2D eigenvalue weighted by Crippen LogP contribution is 2.33. The van der Waals surface area contributed by atoms with Crippen molar-refractivity contribution in [2.75, 3.05) is 23.7 Å². The van der Waals surface area contributed by atoms with Crippen LogP contribution in [0.4, 0.5) is 5.69 Å². The number of benzene rings is 1. The van der Waals surface area contributed by atoms with Crippen LogP contribution in [-0.2, 0) is 6.54 Å². The molecule has 1 aromatic carbocycles. The summed E-state index contributed by atoms with van der Waals surface area (Å²) in [5, 5.41) is 3.65. The van der Waals surface area contributed by atoms with Crippen molar-refractivity contribution in [3.8, 4) is 0 Å². The Bertz CT molecular complexity index is 454. The largest absolute Gasteiger partial charge is 0.370 e. The predicted octanol–water partition coefficient (Wildman–Crippen LogP) is 3.66. The van der Waals surface area contributed by atoms with Gasteiger partial charge in [-0.3, -0.25) is 0 Å². The van der Waals surface area contributed by atoms with Gasteiger partial charge in [-0.15, -0.1) is 0 Å². The van der Waals surface area contributed by atoms with Gasteiger partial charge < -0.3 is 10.2 Å². The number of nitrogens with one attached hydrogen (secondary N) is 1. The number of thioether (sulfide) groups is 1. The van der Waals surface area contributed by atoms with Crippen LogP contribution in [0.2, 0.25) is 0 Å². The van der Waals surface area contributed by atoms with Gasteiger partial charge in [0.15, 0.2) is 0 Å². The Hall–Kier alpha value is -0.670. The van der Waals surface area contributed by atoms with E-state index in [2.05, 4.69) is 60.1 Å². The van der Waals surface area contributed by atoms with Crippen molar-refractivity contribution in [2.24, 2.45) is 0 Å². The van der Waals surface area contributed by atoms with Crippen LogP contribution in [0.15, 0.2) is 24.3 Å². The maximum absolute atomic E-state index is 3.65. The maximum Gasteiger partial charge on any atom is 0.0412 e. The first-order valence-electron chi connectivity index (χ1n) is 7.84. The van der Waals surface area contributed by atoms with Crippen molar-refractivity contribution in [3.05, 3.63) is 29.8 Å². The maximum atomic E-state index is 3.65. The average molecular weight is 290 g/mol. The molecule has 1 aromatic rings. The molecule has 0 bridgehead atoms. The zero-order valence-corrected chi connectivity index (χ0v) is 13.5. The lowest BCUT2D eigenvalue weighted by Gasteiger charge is -2.26. The fraction of sp³-hybridized carbons (Fsp3) is 0.647. The summed E-state index contributed by atoms with van der Waals surface area (Å²) in [6, 6.07) is 9.71. The van der Waals surface area contributed by atoms with Crippen molar-refractivity contribution >= 4 is 17.4 Å². The first kappa shape index (κ1) is 14.3. The Morgan fingerprint density at radius 1 is 1.25 bits per heavy atom. The second-order valence-corrected chi connectivity index (χ2v) is 8.43. The lowest BCUT2D eigenvalue weighted by Crippen LogP contribution is -2.28. The number of nitrogens with zero attached hydrogens (tertiary/aromatic N) is 1. The van der Waals surface area contributed by atoms with Gasteiger partial charge in [0.1, 0.15) is 0 Å². The smallest absolute Gasteiger partial charge is 0.0412 e. The summed E-state index contributed by atoms with van der Waals surface area (Å²) in [6.07, 6.45) is 3.98. The summed E-state index contributed by atoms with van der Waals surface area (Å²) in [5.74, 6) is 1.23. The van der Waals surface area contributed by atoms with Crippen molar-refractivity contribution in [1.29, 1.82) is 0 Å². The zero-order chi connectivity index (χ0) is 14.0. The highest BCUT2D eigenvalue weighted by molar-refractivity contribution is 8.00. The van der Waals surface area contributed by atoms with Gasteiger partial charge in [-0.2, -0.15) is 11.8 Å². The molecule has 0 spiro atoms. The van der Waals surface area contributed by atoms with E-state index >= 15 is 0 Å². The van der Waals surface area contributed by atoms with E-state index in [1.54, 1.807) is 0 Å². The number of hydrogen-bond donors (Lipinski definition) is 1. The van der Waals surface area contributed by atoms with Gasteiger partial charge in [0.25, 0.3) is 0 Å². The van der Waals surface area contributed by atoms with Gasteiger partial charge in [-0.05, 0) is 30.9 Å². The topological polar surface area (TPSA) is 15.3 Å². The SMILES string of the molecule is CC1(C)CCN(c2ccccc2CNC2CC2)CCS1. The fourth-order valence-electron chi connectivity index (χ4n) is 2.77. The van der Waals surface area contributed by atoms with E-state index in [0.29, 0.717) is 4.75 Å². The van der Waals surface area contributed by atoms with E-state index in [1.807, 2.05) is 0 Å². The first-order valence-corrected chi connectivity index (χ1v) is 8.83. The molecule has 110 valence electrons. The minimum absolute atomic E-state index is 0.427. The summed E-state index contributed by atoms with van der Waals surface area (Å²) in [5.41, 5.74) is 2.91. The third-order valence-electron chi connectivity index (χ3n) is 4.33. The lowest BCUT2D eigenvalue weighted by molar-refractivity contribution is 0.633. The fourth-order valence-corrected chi connectivity index (χ4v) is 3.87. The van der Waals surface area contributed by atoms with Crippen LogP contribution in [0.3, 0.4) is 0 Å². The van der Waals surface area contributed by atoms with E-state index in [9.17, 15) is 0 Å². The molecule has 1 aliphatic carbocycles. The van der Waals surface area contributed by atoms with Crippen LogP contribution in [-0.4, -0.2) is 29.6 Å². The van der Waals surface area contributed by atoms with Crippen LogP contribution in [0.5, 0.6) is 0 Å². The van der Waals surface area contributed by atoms with Crippen LogP contribution in [0.25, 0.3) is 0 Å². The molecule has 20 heavy (non-hydrogen) atoms. The Balaban J connectivity index is 1.71. The molecular weight excluding hydrogens is 264 g/mol. The Morgan fingerprint density at radius 2 is 2.05 bits per heavy atom. The third kappa shape index (κ3) is 3.70. The standard InChI is InChI=1S/C17H26N2S/c1-17(2)9-10-19(11-12-20-17)16-6-4-3-5-14(16)13-18-15-7-8-15/h3-6,15,18H,7-13H2,1-2H3. The Kier molecular flexibility index (Phi) is 4.27. The summed E-state index contributed by atoms with van der Waals surface area (Å²) in [6.45, 7) is 8.13. The quantitative estimate of drug-likeness (QED) is 0.911. The van der Waals surface area contributed by atoms with Crippen LogP contribution >= 0.6 is 11.8 Å². The minimum atomic E-state index is 0.427. The molecule has 0 aromatic heterocycles. The third-order valence-corrected chi connectivity index (χ3v) is 5.70. The molecule has 0 atom stereocenters. The molecule has 1 aliphatic heterocycles. The molecule has 1 N–H and O–H groups in total. The lowest BCUT2D eigenvalue weighted by atomic mass is 10.1. The van der Waals surface area contributed by atoms with Crippen LogP contribution in [0, 0.1) is 0 Å². The highest BCUT2D eigenvalue weighted by Gasteiger charge is 2.25. The number of rotatable bonds is 4. The summed E-state index contributed by atoms with van der Waals surface area (Å²) in [7, 11) is 0. The molecule has 0 unspecified atom stereocenters. The van der Waals surface area contributed by atoms with Gasteiger partial charge in [0.2, 0.25) is 0 Å². The predicted molar refractivity (Wildman–Crippen MR) is 89.7 cm³/mol. The molecule has 0 radical (unpaired) electrons. The van der Waals surface area contributed by atoms with E-state index in [0.717, 1.165) is 12.6 Å². The van der Waals surface area contributed by atoms with Gasteiger partial charge in [-0.1, -0.05) is 32.0 Å². The van der Waals surface area contributed by atoms with E-state index in [4.69, 9.17) is 0 Å². The second-order valence-electron chi connectivity index (χ2n) is 6.63. The van der Waals surface area contributed by atoms with Crippen molar-refractivity contribution in [2.45, 2.75) is 50.4 Å². The molecule has 3 rings (SSSR count). The summed E-state index contributed by atoms with van der Waals surface area (Å²) < 4.78 is 0.427. The van der Waals surface area contributed by atoms with Gasteiger partial charge >= 0.3 is 0 Å². The van der Waals surface area contributed by atoms with Gasteiger partial charge in [-0.25, -0.2) is 0 Å². The minimum Gasteiger partial charge on any atom is -0.370 e. The molecule has 1 saturated carbocycles. The first-order chi connectivity index (χ1) is 9.64. The molecular formula is C17H26N2S. The number of para-hydroxylation sites is 1. The molecule has 3 heteroatoms. The number of hydrogen-bond acceptors (Lipinski definition) is 3. The average Bonchev–Trinajstić information content (AvgIpc) is 3.25. The monoisotopic (exact) mass is 290 g/mol. The molecule has 0 amide bonds. The molecule has 2 aliphatic rings. The highest BCUT2D eigenvalue weighted by atomic mass is 32.2. The summed E-state index contributed by atoms with van der Waals surface area (Å²) >= 11 is 2.12. The van der Waals surface area contributed by atoms with Crippen LogP contribution in [0.1, 0.15) is 38.7 Å². The van der Waals surface area contributed by atoms with Crippen molar-refractivity contribution in [1.82, 2.24) is 5.32 Å². The summed E-state index contributed by atoms with van der Waals surface area (Å²) in [4.78, 5) is 2.59. The van der Waals surface area contributed by atoms with Gasteiger partial charge in [0, 0.05) is 41.9 Å². The van der Waals surface area contributed by atoms with Crippen molar-refractivity contribution in [3.63, 3.8) is 0 Å². The Morgan fingerprint density at radius 3 is 2.85 bits per heavy atom. The molecule has 2 nitrogen and oxygen atoms in total. The second kappa shape index (κ2) is 5.98. The van der Waals surface area contributed by atoms with Crippen LogP contribution < -0.4 is 10.2 Å². The molecule has 1 heterocycles.